The molecule has 2 nitrogen and oxygen atoms in total. The van der Waals surface area contributed by atoms with Gasteiger partial charge >= 0.3 is 0 Å². The molecule has 110 valence electrons. The van der Waals surface area contributed by atoms with Gasteiger partial charge in [-0.05, 0) is 47.4 Å². The van der Waals surface area contributed by atoms with E-state index in [1.165, 1.54) is 5.56 Å². The van der Waals surface area contributed by atoms with Crippen molar-refractivity contribution in [3.05, 3.63) is 64.7 Å². The summed E-state index contributed by atoms with van der Waals surface area (Å²) in [5, 5.41) is 0.628. The molecular weight excluding hydrogens is 282 g/mol. The van der Waals surface area contributed by atoms with Crippen molar-refractivity contribution in [3.8, 4) is 0 Å². The predicted octanol–water partition coefficient (Wildman–Crippen LogP) is 4.91. The molecule has 0 unspecified atom stereocenters. The third-order valence-corrected chi connectivity index (χ3v) is 3.77. The van der Waals surface area contributed by atoms with E-state index in [2.05, 4.69) is 32.9 Å². The second-order valence-corrected chi connectivity index (χ2v) is 6.60. The maximum atomic E-state index is 12.4. The van der Waals surface area contributed by atoms with Gasteiger partial charge in [0.15, 0.2) is 0 Å². The smallest absolute Gasteiger partial charge is 0.258 e. The van der Waals surface area contributed by atoms with Crippen molar-refractivity contribution in [1.29, 1.82) is 0 Å². The molecule has 0 bridgehead atoms. The Labute approximate surface area is 131 Å². The summed E-state index contributed by atoms with van der Waals surface area (Å²) >= 11 is 5.85. The highest BCUT2D eigenvalue weighted by Gasteiger charge is 2.16. The third-order valence-electron chi connectivity index (χ3n) is 3.52. The molecule has 0 atom stereocenters. The highest BCUT2D eigenvalue weighted by atomic mass is 35.5. The first-order valence-electron chi connectivity index (χ1n) is 6.93. The van der Waals surface area contributed by atoms with Crippen molar-refractivity contribution in [2.45, 2.75) is 26.2 Å². The molecule has 0 saturated carbocycles. The zero-order chi connectivity index (χ0) is 15.6. The van der Waals surface area contributed by atoms with Crippen LogP contribution in [0.1, 0.15) is 36.7 Å². The second kappa shape index (κ2) is 5.90. The number of hydrogen-bond acceptors (Lipinski definition) is 1. The zero-order valence-corrected chi connectivity index (χ0v) is 13.6. The van der Waals surface area contributed by atoms with E-state index in [4.69, 9.17) is 11.6 Å². The van der Waals surface area contributed by atoms with Crippen molar-refractivity contribution < 1.29 is 4.79 Å². The van der Waals surface area contributed by atoms with Gasteiger partial charge in [-0.1, -0.05) is 44.5 Å². The maximum Gasteiger partial charge on any atom is 0.258 e. The molecule has 2 aromatic carbocycles. The second-order valence-electron chi connectivity index (χ2n) is 6.17. The Morgan fingerprint density at radius 1 is 0.952 bits per heavy atom. The van der Waals surface area contributed by atoms with Gasteiger partial charge in [0.25, 0.3) is 5.91 Å². The molecule has 0 heterocycles. The van der Waals surface area contributed by atoms with E-state index in [1.807, 2.05) is 12.1 Å². The van der Waals surface area contributed by atoms with E-state index in [0.29, 0.717) is 10.6 Å². The van der Waals surface area contributed by atoms with Gasteiger partial charge < -0.3 is 4.90 Å². The summed E-state index contributed by atoms with van der Waals surface area (Å²) in [7, 11) is 1.78. The minimum Gasteiger partial charge on any atom is -0.311 e. The summed E-state index contributed by atoms with van der Waals surface area (Å²) in [5.74, 6) is -0.0461. The molecule has 0 aliphatic carbocycles. The molecule has 3 heteroatoms. The molecule has 1 amide bonds. The van der Waals surface area contributed by atoms with Gasteiger partial charge in [-0.25, -0.2) is 0 Å². The minimum atomic E-state index is -0.0461. The number of carbonyl (C=O) groups excluding carboxylic acids is 1. The lowest BCUT2D eigenvalue weighted by Gasteiger charge is -2.22. The summed E-state index contributed by atoms with van der Waals surface area (Å²) in [6, 6.07) is 15.0. The molecule has 0 spiro atoms. The Bertz CT molecular complexity index is 624. The van der Waals surface area contributed by atoms with Crippen LogP contribution in [-0.4, -0.2) is 13.0 Å². The van der Waals surface area contributed by atoms with Gasteiger partial charge in [-0.2, -0.15) is 0 Å². The summed E-state index contributed by atoms with van der Waals surface area (Å²) in [5.41, 5.74) is 2.86. The first-order chi connectivity index (χ1) is 9.79. The number of carbonyl (C=O) groups is 1. The zero-order valence-electron chi connectivity index (χ0n) is 12.9. The normalized spacial score (nSPS) is 11.3. The van der Waals surface area contributed by atoms with Crippen LogP contribution >= 0.6 is 11.6 Å². The Hall–Kier alpha value is -1.80. The van der Waals surface area contributed by atoms with Crippen molar-refractivity contribution in [3.63, 3.8) is 0 Å². The lowest BCUT2D eigenvalue weighted by molar-refractivity contribution is 0.0993. The first-order valence-corrected chi connectivity index (χ1v) is 7.31. The van der Waals surface area contributed by atoms with E-state index >= 15 is 0 Å². The number of amides is 1. The fraction of sp³-hybridized carbons (Fsp3) is 0.278. The number of anilines is 1. The standard InChI is InChI=1S/C18H20ClNO/c1-18(2,3)14-7-11-16(12-8-14)20(4)17(21)13-5-9-15(19)10-6-13/h5-12H,1-4H3. The van der Waals surface area contributed by atoms with Crippen molar-refractivity contribution in [2.75, 3.05) is 11.9 Å². The molecule has 0 aliphatic heterocycles. The van der Waals surface area contributed by atoms with Gasteiger partial charge in [0.05, 0.1) is 0 Å². The van der Waals surface area contributed by atoms with E-state index < -0.39 is 0 Å². The van der Waals surface area contributed by atoms with Gasteiger partial charge in [0, 0.05) is 23.3 Å². The molecule has 0 saturated heterocycles. The lowest BCUT2D eigenvalue weighted by atomic mass is 9.87. The molecule has 21 heavy (non-hydrogen) atoms. The number of rotatable bonds is 2. The van der Waals surface area contributed by atoms with E-state index in [1.54, 1.807) is 36.2 Å². The summed E-state index contributed by atoms with van der Waals surface area (Å²) < 4.78 is 0. The number of benzene rings is 2. The van der Waals surface area contributed by atoms with Crippen LogP contribution < -0.4 is 4.90 Å². The largest absolute Gasteiger partial charge is 0.311 e. The molecule has 0 aromatic heterocycles. The lowest BCUT2D eigenvalue weighted by Crippen LogP contribution is -2.26. The van der Waals surface area contributed by atoms with E-state index in [9.17, 15) is 4.79 Å². The quantitative estimate of drug-likeness (QED) is 0.771. The van der Waals surface area contributed by atoms with Gasteiger partial charge in [-0.15, -0.1) is 0 Å². The summed E-state index contributed by atoms with van der Waals surface area (Å²) in [6.07, 6.45) is 0. The molecule has 0 fully saturated rings. The van der Waals surface area contributed by atoms with E-state index in [0.717, 1.165) is 5.69 Å². The highest BCUT2D eigenvalue weighted by molar-refractivity contribution is 6.30. The van der Waals surface area contributed by atoms with Crippen LogP contribution in [0, 0.1) is 0 Å². The average Bonchev–Trinajstić information content (AvgIpc) is 2.46. The molecule has 0 radical (unpaired) electrons. The maximum absolute atomic E-state index is 12.4. The minimum absolute atomic E-state index is 0.0461. The Morgan fingerprint density at radius 2 is 1.48 bits per heavy atom. The monoisotopic (exact) mass is 301 g/mol. The van der Waals surface area contributed by atoms with Crippen molar-refractivity contribution in [2.24, 2.45) is 0 Å². The molecule has 2 aromatic rings. The molecular formula is C18H20ClNO. The van der Waals surface area contributed by atoms with Crippen LogP contribution in [0.4, 0.5) is 5.69 Å². The van der Waals surface area contributed by atoms with Crippen molar-refractivity contribution in [1.82, 2.24) is 0 Å². The van der Waals surface area contributed by atoms with Gasteiger partial charge in [0.1, 0.15) is 0 Å². The van der Waals surface area contributed by atoms with Crippen LogP contribution in [0.2, 0.25) is 5.02 Å². The number of halogens is 1. The molecule has 2 rings (SSSR count). The van der Waals surface area contributed by atoms with E-state index in [-0.39, 0.29) is 11.3 Å². The SMILES string of the molecule is CN(C(=O)c1ccc(Cl)cc1)c1ccc(C(C)(C)C)cc1. The number of nitrogens with zero attached hydrogens (tertiary/aromatic N) is 1. The Morgan fingerprint density at radius 3 is 1.95 bits per heavy atom. The van der Waals surface area contributed by atoms with Crippen LogP contribution in [-0.2, 0) is 5.41 Å². The van der Waals surface area contributed by atoms with Gasteiger partial charge in [0.2, 0.25) is 0 Å². The predicted molar refractivity (Wildman–Crippen MR) is 89.3 cm³/mol. The topological polar surface area (TPSA) is 20.3 Å². The van der Waals surface area contributed by atoms with Crippen LogP contribution in [0.25, 0.3) is 0 Å². The molecule has 0 aliphatic rings. The van der Waals surface area contributed by atoms with Gasteiger partial charge in [-0.3, -0.25) is 4.79 Å². The summed E-state index contributed by atoms with van der Waals surface area (Å²) in [4.78, 5) is 14.1. The Kier molecular flexibility index (Phi) is 4.38. The Balaban J connectivity index is 2.21. The van der Waals surface area contributed by atoms with Crippen LogP contribution in [0.15, 0.2) is 48.5 Å². The average molecular weight is 302 g/mol. The summed E-state index contributed by atoms with van der Waals surface area (Å²) in [6.45, 7) is 6.51. The highest BCUT2D eigenvalue weighted by Crippen LogP contribution is 2.25. The van der Waals surface area contributed by atoms with Crippen molar-refractivity contribution >= 4 is 23.2 Å². The fourth-order valence-electron chi connectivity index (χ4n) is 2.09. The third kappa shape index (κ3) is 3.64. The van der Waals surface area contributed by atoms with Crippen LogP contribution in [0.3, 0.4) is 0 Å². The van der Waals surface area contributed by atoms with Crippen LogP contribution in [0.5, 0.6) is 0 Å². The molecule has 0 N–H and O–H groups in total. The fourth-order valence-corrected chi connectivity index (χ4v) is 2.21. The first kappa shape index (κ1) is 15.6. The number of hydrogen-bond donors (Lipinski definition) is 0.